The van der Waals surface area contributed by atoms with Crippen molar-refractivity contribution in [3.05, 3.63) is 41.3 Å². The summed E-state index contributed by atoms with van der Waals surface area (Å²) in [5.74, 6) is 1.91. The first-order valence-electron chi connectivity index (χ1n) is 9.88. The van der Waals surface area contributed by atoms with Crippen molar-refractivity contribution in [2.45, 2.75) is 45.6 Å². The van der Waals surface area contributed by atoms with Crippen molar-refractivity contribution >= 4 is 28.3 Å². The van der Waals surface area contributed by atoms with Crippen LogP contribution >= 0.6 is 0 Å². The average molecular weight is 398 g/mol. The summed E-state index contributed by atoms with van der Waals surface area (Å²) in [7, 11) is 1.34. The minimum absolute atomic E-state index is 0.0929. The van der Waals surface area contributed by atoms with Crippen LogP contribution in [0.15, 0.2) is 35.6 Å². The van der Waals surface area contributed by atoms with Crippen LogP contribution in [0, 0.1) is 0 Å². The maximum absolute atomic E-state index is 12.6. The van der Waals surface area contributed by atoms with E-state index in [2.05, 4.69) is 17.4 Å². The van der Waals surface area contributed by atoms with Gasteiger partial charge in [-0.3, -0.25) is 9.63 Å². The number of ether oxygens (including phenoxy) is 2. The summed E-state index contributed by atoms with van der Waals surface area (Å²) < 4.78 is 11.4. The Bertz CT molecular complexity index is 969. The molecule has 3 rings (SSSR count). The first-order valence-corrected chi connectivity index (χ1v) is 9.88. The van der Waals surface area contributed by atoms with Gasteiger partial charge in [0.2, 0.25) is 5.76 Å². The number of carbonyl (C=O) groups excluding carboxylic acids is 2. The largest absolute Gasteiger partial charge is 0.494 e. The van der Waals surface area contributed by atoms with Gasteiger partial charge in [0.1, 0.15) is 17.4 Å². The highest BCUT2D eigenvalue weighted by atomic mass is 16.6. The van der Waals surface area contributed by atoms with E-state index in [0.29, 0.717) is 18.6 Å². The van der Waals surface area contributed by atoms with Gasteiger partial charge in [0.15, 0.2) is 5.94 Å². The van der Waals surface area contributed by atoms with Gasteiger partial charge >= 0.3 is 0 Å². The minimum Gasteiger partial charge on any atom is -0.494 e. The zero-order valence-electron chi connectivity index (χ0n) is 17.0. The highest BCUT2D eigenvalue weighted by Gasteiger charge is 2.37. The highest BCUT2D eigenvalue weighted by molar-refractivity contribution is 6.08. The molecule has 7 heteroatoms. The molecule has 0 aliphatic carbocycles. The van der Waals surface area contributed by atoms with Crippen LogP contribution in [0.25, 0.3) is 16.5 Å². The first-order chi connectivity index (χ1) is 14.1. The number of nitrogens with one attached hydrogen (secondary N) is 2. The fourth-order valence-electron chi connectivity index (χ4n) is 3.59. The summed E-state index contributed by atoms with van der Waals surface area (Å²) >= 11 is 0. The maximum Gasteiger partial charge on any atom is 0.279 e. The van der Waals surface area contributed by atoms with Crippen LogP contribution in [0.2, 0.25) is 0 Å². The monoisotopic (exact) mass is 398 g/mol. The molecule has 0 bridgehead atoms. The zero-order valence-corrected chi connectivity index (χ0v) is 17.0. The van der Waals surface area contributed by atoms with Gasteiger partial charge in [-0.05, 0) is 44.0 Å². The number of aromatic nitrogens is 1. The van der Waals surface area contributed by atoms with Crippen LogP contribution in [0.3, 0.4) is 0 Å². The number of amides is 1. The molecule has 2 heterocycles. The summed E-state index contributed by atoms with van der Waals surface area (Å²) in [5, 5.41) is 0.945. The van der Waals surface area contributed by atoms with Crippen molar-refractivity contribution in [3.63, 3.8) is 0 Å². The Balaban J connectivity index is 2.09. The van der Waals surface area contributed by atoms with Crippen LogP contribution in [-0.2, 0) is 19.2 Å². The minimum atomic E-state index is -0.535. The van der Waals surface area contributed by atoms with E-state index in [-0.39, 0.29) is 11.3 Å². The number of carbonyl (C=O) groups is 1. The fourth-order valence-corrected chi connectivity index (χ4v) is 3.59. The van der Waals surface area contributed by atoms with Gasteiger partial charge in [-0.1, -0.05) is 19.8 Å². The van der Waals surface area contributed by atoms with E-state index < -0.39 is 12.0 Å². The molecule has 1 unspecified atom stereocenters. The lowest BCUT2D eigenvalue weighted by molar-refractivity contribution is -0.127. The van der Waals surface area contributed by atoms with E-state index in [1.165, 1.54) is 7.11 Å². The standard InChI is InChI=1S/C22H26N2O5/c1-4-6-7-8-18-20(21(19(13-25)29-18)22(26)24-27-3)17-12-14-11-15(28-5-2)9-10-16(14)23-17/h9-12,18,23H,4-8H2,1-3H3,(H,24,26). The van der Waals surface area contributed by atoms with Gasteiger partial charge in [-0.25, -0.2) is 10.3 Å². The van der Waals surface area contributed by atoms with Crippen molar-refractivity contribution in [2.75, 3.05) is 13.7 Å². The Kier molecular flexibility index (Phi) is 6.75. The zero-order chi connectivity index (χ0) is 20.8. The quantitative estimate of drug-likeness (QED) is 0.382. The van der Waals surface area contributed by atoms with Gasteiger partial charge in [-0.2, -0.15) is 0 Å². The number of H-pyrrole nitrogens is 1. The lowest BCUT2D eigenvalue weighted by Gasteiger charge is -2.13. The van der Waals surface area contributed by atoms with E-state index >= 15 is 0 Å². The molecule has 1 aromatic carbocycles. The number of hydroxylamine groups is 1. The Morgan fingerprint density at radius 1 is 1.28 bits per heavy atom. The molecule has 0 saturated heterocycles. The second-order valence-corrected chi connectivity index (χ2v) is 6.82. The Morgan fingerprint density at radius 3 is 2.79 bits per heavy atom. The Labute approximate surface area is 169 Å². The van der Waals surface area contributed by atoms with Crippen molar-refractivity contribution in [1.82, 2.24) is 10.5 Å². The first kappa shape index (κ1) is 20.7. The number of aromatic amines is 1. The van der Waals surface area contributed by atoms with Crippen molar-refractivity contribution in [3.8, 4) is 5.75 Å². The second kappa shape index (κ2) is 9.45. The molecule has 2 N–H and O–H groups in total. The number of benzene rings is 1. The SMILES string of the molecule is CCCCCC1OC(=C=O)C(C(=O)NOC)=C1c1cc2cc(OCC)ccc2[nH]1. The lowest BCUT2D eigenvalue weighted by Crippen LogP contribution is -2.24. The molecule has 1 amide bonds. The van der Waals surface area contributed by atoms with E-state index in [4.69, 9.17) is 14.3 Å². The van der Waals surface area contributed by atoms with E-state index in [0.717, 1.165) is 41.6 Å². The second-order valence-electron chi connectivity index (χ2n) is 6.82. The lowest BCUT2D eigenvalue weighted by atomic mass is 9.97. The number of unbranched alkanes of at least 4 members (excludes halogenated alkanes) is 2. The highest BCUT2D eigenvalue weighted by Crippen LogP contribution is 2.39. The molecule has 154 valence electrons. The summed E-state index contributed by atoms with van der Waals surface area (Å²) in [6, 6.07) is 7.70. The van der Waals surface area contributed by atoms with E-state index in [1.807, 2.05) is 31.2 Å². The van der Waals surface area contributed by atoms with E-state index in [9.17, 15) is 9.59 Å². The molecule has 1 aliphatic heterocycles. The van der Waals surface area contributed by atoms with Crippen LogP contribution in [-0.4, -0.2) is 36.7 Å². The van der Waals surface area contributed by atoms with Crippen LogP contribution in [0.1, 0.15) is 45.2 Å². The van der Waals surface area contributed by atoms with Crippen LogP contribution in [0.4, 0.5) is 0 Å². The molecule has 0 radical (unpaired) electrons. The van der Waals surface area contributed by atoms with Crippen LogP contribution < -0.4 is 10.2 Å². The normalized spacial score (nSPS) is 16.1. The fraction of sp³-hybridized carbons (Fsp3) is 0.409. The van der Waals surface area contributed by atoms with Gasteiger partial charge in [-0.15, -0.1) is 0 Å². The van der Waals surface area contributed by atoms with Crippen LogP contribution in [0.5, 0.6) is 5.75 Å². The molecular weight excluding hydrogens is 372 g/mol. The summed E-state index contributed by atoms with van der Waals surface area (Å²) in [4.78, 5) is 32.2. The number of hydrogen-bond acceptors (Lipinski definition) is 5. The van der Waals surface area contributed by atoms with E-state index in [1.54, 1.807) is 5.94 Å². The van der Waals surface area contributed by atoms with Crippen molar-refractivity contribution in [1.29, 1.82) is 0 Å². The smallest absolute Gasteiger partial charge is 0.279 e. The molecular formula is C22H26N2O5. The molecule has 0 fully saturated rings. The molecule has 1 aromatic heterocycles. The third-order valence-electron chi connectivity index (χ3n) is 4.86. The molecule has 1 aliphatic rings. The third-order valence-corrected chi connectivity index (χ3v) is 4.86. The van der Waals surface area contributed by atoms with Crippen molar-refractivity contribution in [2.24, 2.45) is 0 Å². The maximum atomic E-state index is 12.6. The Hall–Kier alpha value is -3.02. The van der Waals surface area contributed by atoms with Gasteiger partial charge in [0.05, 0.1) is 13.7 Å². The van der Waals surface area contributed by atoms with Crippen molar-refractivity contribution < 1.29 is 23.9 Å². The summed E-state index contributed by atoms with van der Waals surface area (Å²) in [5.41, 5.74) is 4.71. The topological polar surface area (TPSA) is 89.7 Å². The van der Waals surface area contributed by atoms with Gasteiger partial charge < -0.3 is 14.5 Å². The molecule has 29 heavy (non-hydrogen) atoms. The molecule has 0 spiro atoms. The molecule has 1 atom stereocenters. The summed E-state index contributed by atoms with van der Waals surface area (Å²) in [6.45, 7) is 4.63. The summed E-state index contributed by atoms with van der Waals surface area (Å²) in [6.07, 6.45) is 3.31. The predicted octanol–water partition coefficient (Wildman–Crippen LogP) is 3.69. The molecule has 2 aromatic rings. The third kappa shape index (κ3) is 4.36. The Morgan fingerprint density at radius 2 is 2.10 bits per heavy atom. The number of hydrogen-bond donors (Lipinski definition) is 2. The van der Waals surface area contributed by atoms with Gasteiger partial charge in [0, 0.05) is 22.2 Å². The average Bonchev–Trinajstić information content (AvgIpc) is 3.29. The van der Waals surface area contributed by atoms with Gasteiger partial charge in [0.25, 0.3) is 5.91 Å². The number of fused-ring (bicyclic) bond motifs is 1. The molecule has 0 saturated carbocycles. The predicted molar refractivity (Wildman–Crippen MR) is 110 cm³/mol. The molecule has 7 nitrogen and oxygen atoms in total. The number of rotatable bonds is 9.